The van der Waals surface area contributed by atoms with Crippen molar-refractivity contribution in [1.82, 2.24) is 10.2 Å². The Bertz CT molecular complexity index is 1410. The molecule has 0 bridgehead atoms. The van der Waals surface area contributed by atoms with Crippen molar-refractivity contribution in [2.45, 2.75) is 11.3 Å². The molecule has 0 atom stereocenters. The van der Waals surface area contributed by atoms with E-state index in [1.165, 1.54) is 17.4 Å². The number of piperazine rings is 1. The maximum absolute atomic E-state index is 13.0. The third kappa shape index (κ3) is 6.79. The largest absolute Gasteiger partial charge is 0.369 e. The van der Waals surface area contributed by atoms with Crippen LogP contribution in [0.4, 0.5) is 11.4 Å². The highest BCUT2D eigenvalue weighted by Crippen LogP contribution is 2.42. The lowest BCUT2D eigenvalue weighted by molar-refractivity contribution is -0.114. The summed E-state index contributed by atoms with van der Waals surface area (Å²) in [4.78, 5) is 33.8. The topological polar surface area (TPSA) is 55.9 Å². The number of anilines is 2. The summed E-state index contributed by atoms with van der Waals surface area (Å²) in [6.45, 7) is 5.42. The van der Waals surface area contributed by atoms with E-state index in [1.807, 2.05) is 54.6 Å². The summed E-state index contributed by atoms with van der Waals surface area (Å²) in [5, 5.41) is 4.42. The summed E-state index contributed by atoms with van der Waals surface area (Å²) in [5.74, 6) is -0.241. The Balaban J connectivity index is 1.11. The van der Waals surface area contributed by atoms with Gasteiger partial charge in [0.05, 0.1) is 10.6 Å². The summed E-state index contributed by atoms with van der Waals surface area (Å²) in [5.41, 5.74) is 3.32. The monoisotopic (exact) mass is 580 g/mol. The maximum Gasteiger partial charge on any atom is 0.264 e. The van der Waals surface area contributed by atoms with E-state index >= 15 is 0 Å². The molecule has 0 saturated carbocycles. The number of hydrogen-bond acceptors (Lipinski definition) is 5. The first-order valence-electron chi connectivity index (χ1n) is 13.0. The molecular formula is C30H30Cl2N4O2S. The SMILES string of the molecule is CN1C(=O)/C(=C/c2cccc(Cl)c2)Sc2ccc(C(=O)NCCCN3CCN(c4cccc(Cl)c4)CC3)cc21. The van der Waals surface area contributed by atoms with Crippen LogP contribution in [0.3, 0.4) is 0 Å². The molecule has 3 aromatic carbocycles. The van der Waals surface area contributed by atoms with Gasteiger partial charge in [-0.05, 0) is 73.1 Å². The van der Waals surface area contributed by atoms with Crippen LogP contribution in [0.1, 0.15) is 22.3 Å². The Hall–Kier alpha value is -2.97. The summed E-state index contributed by atoms with van der Waals surface area (Å²) in [6.07, 6.45) is 2.72. The van der Waals surface area contributed by atoms with Gasteiger partial charge >= 0.3 is 0 Å². The summed E-state index contributed by atoms with van der Waals surface area (Å²) >= 11 is 13.6. The Labute approximate surface area is 243 Å². The van der Waals surface area contributed by atoms with E-state index in [2.05, 4.69) is 21.2 Å². The van der Waals surface area contributed by atoms with Crippen molar-refractivity contribution in [2.75, 3.05) is 56.1 Å². The Kier molecular flexibility index (Phi) is 8.82. The van der Waals surface area contributed by atoms with Gasteiger partial charge in [0.25, 0.3) is 11.8 Å². The van der Waals surface area contributed by atoms with Gasteiger partial charge < -0.3 is 15.1 Å². The number of carbonyl (C=O) groups is 2. The average Bonchev–Trinajstić information content (AvgIpc) is 2.94. The first-order valence-corrected chi connectivity index (χ1v) is 14.5. The Morgan fingerprint density at radius 1 is 0.974 bits per heavy atom. The second kappa shape index (κ2) is 12.5. The standard InChI is InChI=1S/C30H30Cl2N4O2S/c1-34-26-19-22(9-10-27(26)39-28(30(34)38)18-21-5-2-6-23(31)17-21)29(37)33-11-4-12-35-13-15-36(16-14-35)25-8-3-7-24(32)20-25/h2-3,5-10,17-20H,4,11-16H2,1H3,(H,33,37)/b28-18-. The van der Waals surface area contributed by atoms with Gasteiger partial charge in [0.2, 0.25) is 0 Å². The Morgan fingerprint density at radius 3 is 2.46 bits per heavy atom. The van der Waals surface area contributed by atoms with Crippen LogP contribution in [0.25, 0.3) is 6.08 Å². The minimum Gasteiger partial charge on any atom is -0.369 e. The van der Waals surface area contributed by atoms with Crippen LogP contribution in [0.2, 0.25) is 10.0 Å². The van der Waals surface area contributed by atoms with Gasteiger partial charge in [-0.15, -0.1) is 0 Å². The van der Waals surface area contributed by atoms with Crippen molar-refractivity contribution in [3.8, 4) is 0 Å². The smallest absolute Gasteiger partial charge is 0.264 e. The fourth-order valence-electron chi connectivity index (χ4n) is 4.79. The van der Waals surface area contributed by atoms with Crippen LogP contribution < -0.4 is 15.1 Å². The number of hydrogen-bond donors (Lipinski definition) is 1. The number of likely N-dealkylation sites (N-methyl/N-ethyl adjacent to an activating group) is 1. The minimum absolute atomic E-state index is 0.111. The number of amides is 2. The maximum atomic E-state index is 13.0. The van der Waals surface area contributed by atoms with Crippen LogP contribution in [0, 0.1) is 0 Å². The van der Waals surface area contributed by atoms with Gasteiger partial charge in [-0.3, -0.25) is 14.5 Å². The molecule has 2 amide bonds. The molecule has 1 saturated heterocycles. The number of nitrogens with zero attached hydrogens (tertiary/aromatic N) is 3. The molecule has 6 nitrogen and oxygen atoms in total. The first kappa shape index (κ1) is 27.6. The normalized spacial score (nSPS) is 16.9. The van der Waals surface area contributed by atoms with E-state index in [1.54, 1.807) is 24.1 Å². The third-order valence-corrected chi connectivity index (χ3v) is 8.49. The zero-order valence-corrected chi connectivity index (χ0v) is 24.0. The van der Waals surface area contributed by atoms with Gasteiger partial charge in [0.1, 0.15) is 0 Å². The molecule has 2 aliphatic rings. The molecule has 0 aromatic heterocycles. The predicted octanol–water partition coefficient (Wildman–Crippen LogP) is 6.05. The molecule has 202 valence electrons. The van der Waals surface area contributed by atoms with E-state index in [0.29, 0.717) is 22.0 Å². The second-order valence-electron chi connectivity index (χ2n) is 9.63. The number of thioether (sulfide) groups is 1. The molecular weight excluding hydrogens is 551 g/mol. The lowest BCUT2D eigenvalue weighted by atomic mass is 10.1. The van der Waals surface area contributed by atoms with Gasteiger partial charge in [-0.2, -0.15) is 0 Å². The highest BCUT2D eigenvalue weighted by molar-refractivity contribution is 8.04. The van der Waals surface area contributed by atoms with Crippen molar-refractivity contribution in [1.29, 1.82) is 0 Å². The van der Waals surface area contributed by atoms with E-state index in [0.717, 1.165) is 60.3 Å². The second-order valence-corrected chi connectivity index (χ2v) is 11.6. The summed E-state index contributed by atoms with van der Waals surface area (Å²) in [6, 6.07) is 20.9. The summed E-state index contributed by atoms with van der Waals surface area (Å²) in [7, 11) is 1.74. The quantitative estimate of drug-likeness (QED) is 0.272. The number of carbonyl (C=O) groups excluding carboxylic acids is 2. The molecule has 5 rings (SSSR count). The third-order valence-electron chi connectivity index (χ3n) is 6.95. The zero-order chi connectivity index (χ0) is 27.4. The number of benzene rings is 3. The van der Waals surface area contributed by atoms with Crippen LogP contribution in [-0.4, -0.2) is 63.0 Å². The minimum atomic E-state index is -0.130. The van der Waals surface area contributed by atoms with Gasteiger partial charge in [0.15, 0.2) is 0 Å². The van der Waals surface area contributed by atoms with Crippen LogP contribution in [0.5, 0.6) is 0 Å². The number of halogens is 2. The van der Waals surface area contributed by atoms with Gasteiger partial charge in [-0.1, -0.05) is 53.2 Å². The molecule has 3 aromatic rings. The number of nitrogens with one attached hydrogen (secondary N) is 1. The van der Waals surface area contributed by atoms with Gasteiger partial charge in [-0.25, -0.2) is 0 Å². The van der Waals surface area contributed by atoms with E-state index in [4.69, 9.17) is 23.2 Å². The van der Waals surface area contributed by atoms with Gasteiger partial charge in [0, 0.05) is 66.0 Å². The van der Waals surface area contributed by atoms with Crippen molar-refractivity contribution < 1.29 is 9.59 Å². The molecule has 0 unspecified atom stereocenters. The molecule has 1 fully saturated rings. The predicted molar refractivity (Wildman–Crippen MR) is 162 cm³/mol. The van der Waals surface area contributed by atoms with E-state index in [9.17, 15) is 9.59 Å². The van der Waals surface area contributed by atoms with Crippen LogP contribution >= 0.6 is 35.0 Å². The first-order chi connectivity index (χ1) is 18.9. The molecule has 39 heavy (non-hydrogen) atoms. The Morgan fingerprint density at radius 2 is 1.72 bits per heavy atom. The molecule has 0 radical (unpaired) electrons. The van der Waals surface area contributed by atoms with Crippen LogP contribution in [-0.2, 0) is 4.79 Å². The fraction of sp³-hybridized carbons (Fsp3) is 0.267. The molecule has 1 N–H and O–H groups in total. The molecule has 9 heteroatoms. The highest BCUT2D eigenvalue weighted by atomic mass is 35.5. The fourth-order valence-corrected chi connectivity index (χ4v) is 6.27. The van der Waals surface area contributed by atoms with Crippen molar-refractivity contribution in [3.05, 3.63) is 92.8 Å². The molecule has 2 aliphatic heterocycles. The molecule has 0 aliphatic carbocycles. The van der Waals surface area contributed by atoms with Crippen LogP contribution in [0.15, 0.2) is 76.5 Å². The lowest BCUT2D eigenvalue weighted by Crippen LogP contribution is -2.47. The van der Waals surface area contributed by atoms with Crippen molar-refractivity contribution in [2.24, 2.45) is 0 Å². The van der Waals surface area contributed by atoms with Crippen molar-refractivity contribution in [3.63, 3.8) is 0 Å². The molecule has 2 heterocycles. The molecule has 0 spiro atoms. The highest BCUT2D eigenvalue weighted by Gasteiger charge is 2.27. The average molecular weight is 582 g/mol. The van der Waals surface area contributed by atoms with Crippen molar-refractivity contribution >= 4 is 64.2 Å². The number of rotatable bonds is 7. The van der Waals surface area contributed by atoms with E-state index in [-0.39, 0.29) is 11.8 Å². The zero-order valence-electron chi connectivity index (χ0n) is 21.7. The summed E-state index contributed by atoms with van der Waals surface area (Å²) < 4.78 is 0. The lowest BCUT2D eigenvalue weighted by Gasteiger charge is -2.36. The van der Waals surface area contributed by atoms with E-state index < -0.39 is 0 Å². The number of fused-ring (bicyclic) bond motifs is 1.